The quantitative estimate of drug-likeness (QED) is 0.182. The topological polar surface area (TPSA) is 25.8 Å². The van der Waals surface area contributed by atoms with Crippen molar-refractivity contribution in [2.45, 2.75) is 0 Å². The fraction of sp³-hybridized carbons (Fsp3) is 0. The molecule has 0 spiro atoms. The zero-order valence-electron chi connectivity index (χ0n) is 27.1. The van der Waals surface area contributed by atoms with Crippen LogP contribution in [0.25, 0.3) is 105 Å². The molecule has 7 aromatic carbocycles. The molecule has 4 heterocycles. The molecule has 2 nitrogen and oxygen atoms in total. The number of rotatable bonds is 4. The van der Waals surface area contributed by atoms with E-state index in [1.54, 1.807) is 11.3 Å². The third kappa shape index (κ3) is 4.66. The molecule has 0 aliphatic heterocycles. The maximum atomic E-state index is 5.18. The van der Waals surface area contributed by atoms with Crippen LogP contribution in [0.3, 0.4) is 0 Å². The molecule has 0 radical (unpaired) electrons. The first-order valence-corrected chi connectivity index (χ1v) is 19.4. The average molecular weight is 703 g/mol. The van der Waals surface area contributed by atoms with Gasteiger partial charge in [0.25, 0.3) is 0 Å². The summed E-state index contributed by atoms with van der Waals surface area (Å²) in [5.41, 5.74) is 10.3. The van der Waals surface area contributed by atoms with Crippen LogP contribution in [-0.2, 0) is 0 Å². The van der Waals surface area contributed by atoms with Gasteiger partial charge in [-0.15, -0.1) is 34.0 Å². The Morgan fingerprint density at radius 1 is 0.373 bits per heavy atom. The van der Waals surface area contributed by atoms with Crippen molar-refractivity contribution in [2.75, 3.05) is 0 Å². The standard InChI is InChI=1S/C46H26N2S3/c1-3-19-40-34(13-1)36-17-7-15-32(44(36)49-40)29-10-5-9-27(23-29)28-21-22-38-42(25-28)51-46-43(38)47-26-39(48-46)31-12-6-11-30(24-31)33-16-8-18-37-35-14-2-4-20-41(35)50-45(33)37/h1-26H. The molecule has 0 amide bonds. The van der Waals surface area contributed by atoms with Gasteiger partial charge in [-0.3, -0.25) is 4.98 Å². The first-order chi connectivity index (χ1) is 25.2. The molecule has 0 bridgehead atoms. The van der Waals surface area contributed by atoms with Crippen molar-refractivity contribution in [1.29, 1.82) is 0 Å². The van der Waals surface area contributed by atoms with E-state index in [1.807, 2.05) is 28.9 Å². The van der Waals surface area contributed by atoms with Crippen LogP contribution in [0.15, 0.2) is 158 Å². The second kappa shape index (κ2) is 11.4. The van der Waals surface area contributed by atoms with E-state index < -0.39 is 0 Å². The van der Waals surface area contributed by atoms with Gasteiger partial charge in [-0.2, -0.15) is 0 Å². The van der Waals surface area contributed by atoms with Gasteiger partial charge in [0.05, 0.1) is 11.9 Å². The summed E-state index contributed by atoms with van der Waals surface area (Å²) in [6.45, 7) is 0. The van der Waals surface area contributed by atoms with E-state index in [1.165, 1.54) is 78.4 Å². The largest absolute Gasteiger partial charge is 0.251 e. The molecule has 51 heavy (non-hydrogen) atoms. The summed E-state index contributed by atoms with van der Waals surface area (Å²) in [6, 6.07) is 55.1. The molecule has 5 heteroatoms. The maximum Gasteiger partial charge on any atom is 0.143 e. The smallest absolute Gasteiger partial charge is 0.143 e. The Morgan fingerprint density at radius 2 is 0.922 bits per heavy atom. The number of hydrogen-bond donors (Lipinski definition) is 0. The van der Waals surface area contributed by atoms with Crippen molar-refractivity contribution in [3.63, 3.8) is 0 Å². The van der Waals surface area contributed by atoms with E-state index in [0.717, 1.165) is 27.0 Å². The second-order valence-electron chi connectivity index (χ2n) is 12.9. The minimum atomic E-state index is 0.891. The predicted molar refractivity (Wildman–Crippen MR) is 222 cm³/mol. The van der Waals surface area contributed by atoms with Crippen LogP contribution in [0.1, 0.15) is 0 Å². The van der Waals surface area contributed by atoms with E-state index in [0.29, 0.717) is 0 Å². The highest BCUT2D eigenvalue weighted by Crippen LogP contribution is 2.43. The number of benzene rings is 7. The van der Waals surface area contributed by atoms with Gasteiger partial charge in [-0.25, -0.2) is 4.98 Å². The lowest BCUT2D eigenvalue weighted by atomic mass is 9.97. The monoisotopic (exact) mass is 702 g/mol. The van der Waals surface area contributed by atoms with E-state index in [9.17, 15) is 0 Å². The van der Waals surface area contributed by atoms with Crippen LogP contribution < -0.4 is 0 Å². The Kier molecular flexibility index (Phi) is 6.50. The molecule has 11 aromatic rings. The predicted octanol–water partition coefficient (Wildman–Crippen LogP) is 14.2. The number of thiophene rings is 3. The van der Waals surface area contributed by atoms with Crippen LogP contribution in [0.4, 0.5) is 0 Å². The number of nitrogens with zero attached hydrogens (tertiary/aromatic N) is 2. The minimum Gasteiger partial charge on any atom is -0.251 e. The molecule has 0 atom stereocenters. The van der Waals surface area contributed by atoms with Crippen molar-refractivity contribution in [3.05, 3.63) is 158 Å². The third-order valence-electron chi connectivity index (χ3n) is 9.97. The van der Waals surface area contributed by atoms with Crippen LogP contribution in [0.5, 0.6) is 0 Å². The Bertz CT molecular complexity index is 2950. The molecule has 11 rings (SSSR count). The van der Waals surface area contributed by atoms with Crippen LogP contribution >= 0.6 is 34.0 Å². The van der Waals surface area contributed by atoms with Gasteiger partial charge in [0.1, 0.15) is 10.3 Å². The minimum absolute atomic E-state index is 0.891. The molecule has 0 fully saturated rings. The summed E-state index contributed by atoms with van der Waals surface area (Å²) in [4.78, 5) is 11.1. The molecular weight excluding hydrogens is 677 g/mol. The van der Waals surface area contributed by atoms with Gasteiger partial charge < -0.3 is 0 Å². The molecule has 0 aliphatic rings. The van der Waals surface area contributed by atoms with Crippen LogP contribution in [-0.4, -0.2) is 9.97 Å². The zero-order chi connectivity index (χ0) is 33.5. The highest BCUT2D eigenvalue weighted by atomic mass is 32.1. The highest BCUT2D eigenvalue weighted by molar-refractivity contribution is 7.27. The van der Waals surface area contributed by atoms with E-state index in [2.05, 4.69) is 152 Å². The molecule has 0 aliphatic carbocycles. The van der Waals surface area contributed by atoms with E-state index in [-0.39, 0.29) is 0 Å². The lowest BCUT2D eigenvalue weighted by Crippen LogP contribution is -1.87. The molecule has 238 valence electrons. The zero-order valence-corrected chi connectivity index (χ0v) is 29.6. The lowest BCUT2D eigenvalue weighted by molar-refractivity contribution is 1.32. The molecule has 0 saturated carbocycles. The normalized spacial score (nSPS) is 11.9. The van der Waals surface area contributed by atoms with Crippen molar-refractivity contribution in [2.24, 2.45) is 0 Å². The number of fused-ring (bicyclic) bond motifs is 9. The summed E-state index contributed by atoms with van der Waals surface area (Å²) in [5, 5.41) is 6.43. The van der Waals surface area contributed by atoms with Gasteiger partial charge >= 0.3 is 0 Å². The van der Waals surface area contributed by atoms with Crippen LogP contribution in [0.2, 0.25) is 0 Å². The van der Waals surface area contributed by atoms with E-state index >= 15 is 0 Å². The summed E-state index contributed by atoms with van der Waals surface area (Å²) >= 11 is 5.46. The van der Waals surface area contributed by atoms with Gasteiger partial charge in [0.2, 0.25) is 0 Å². The first kappa shape index (κ1) is 29.1. The molecular formula is C46H26N2S3. The molecule has 0 N–H and O–H groups in total. The van der Waals surface area contributed by atoms with Crippen molar-refractivity contribution in [3.8, 4) is 44.6 Å². The lowest BCUT2D eigenvalue weighted by Gasteiger charge is -2.08. The Morgan fingerprint density at radius 3 is 1.61 bits per heavy atom. The number of hydrogen-bond acceptors (Lipinski definition) is 5. The number of aromatic nitrogens is 2. The molecule has 0 saturated heterocycles. The highest BCUT2D eigenvalue weighted by Gasteiger charge is 2.15. The average Bonchev–Trinajstić information content (AvgIpc) is 3.88. The van der Waals surface area contributed by atoms with Crippen molar-refractivity contribution < 1.29 is 0 Å². The maximum absolute atomic E-state index is 5.18. The van der Waals surface area contributed by atoms with Gasteiger partial charge in [-0.1, -0.05) is 121 Å². The Labute approximate surface area is 305 Å². The van der Waals surface area contributed by atoms with Gasteiger partial charge in [0, 0.05) is 56.0 Å². The fourth-order valence-electron chi connectivity index (χ4n) is 7.51. The fourth-order valence-corrected chi connectivity index (χ4v) is 11.1. The van der Waals surface area contributed by atoms with Crippen molar-refractivity contribution in [1.82, 2.24) is 9.97 Å². The Hall–Kier alpha value is -5.72. The summed E-state index contributed by atoms with van der Waals surface area (Å²) in [5.74, 6) is 0. The summed E-state index contributed by atoms with van der Waals surface area (Å²) < 4.78 is 6.50. The molecule has 0 unspecified atom stereocenters. The SMILES string of the molecule is c1cc(-c2ccc3c(c2)sc2nc(-c4cccc(-c5cccc6c5sc5ccccc56)c4)cnc23)cc(-c2cccc3c2sc2ccccc23)c1. The van der Waals surface area contributed by atoms with E-state index in [4.69, 9.17) is 9.97 Å². The third-order valence-corrected chi connectivity index (χ3v) is 13.4. The summed E-state index contributed by atoms with van der Waals surface area (Å²) in [6.07, 6.45) is 1.93. The Balaban J connectivity index is 0.960. The molecule has 4 aromatic heterocycles. The first-order valence-electron chi connectivity index (χ1n) is 17.0. The van der Waals surface area contributed by atoms with Gasteiger partial charge in [0.15, 0.2) is 0 Å². The van der Waals surface area contributed by atoms with Crippen molar-refractivity contribution >= 4 is 94.8 Å². The van der Waals surface area contributed by atoms with Crippen LogP contribution in [0, 0.1) is 0 Å². The second-order valence-corrected chi connectivity index (χ2v) is 16.1. The summed E-state index contributed by atoms with van der Waals surface area (Å²) in [7, 11) is 0. The van der Waals surface area contributed by atoms with Gasteiger partial charge in [-0.05, 0) is 63.7 Å².